The monoisotopic (exact) mass is 200 g/mol. The van der Waals surface area contributed by atoms with Crippen LogP contribution in [-0.2, 0) is 0 Å². The summed E-state index contributed by atoms with van der Waals surface area (Å²) in [6, 6.07) is 0. The maximum Gasteiger partial charge on any atom is 0.0721 e. The van der Waals surface area contributed by atoms with E-state index in [0.717, 1.165) is 11.5 Å². The summed E-state index contributed by atoms with van der Waals surface area (Å²) in [6.45, 7) is 6.81. The number of hydrogen-bond acceptors (Lipinski definition) is 2. The zero-order valence-electron chi connectivity index (χ0n) is 8.51. The molecule has 1 N–H and O–H groups in total. The SMILES string of the molecule is CC(=S)NCCCN1CCCCC1. The highest BCUT2D eigenvalue weighted by Crippen LogP contribution is 2.08. The topological polar surface area (TPSA) is 15.3 Å². The van der Waals surface area contributed by atoms with Gasteiger partial charge in [0.1, 0.15) is 0 Å². The molecule has 2 nitrogen and oxygen atoms in total. The normalized spacial score (nSPS) is 18.5. The van der Waals surface area contributed by atoms with Crippen LogP contribution in [0.15, 0.2) is 0 Å². The van der Waals surface area contributed by atoms with Crippen LogP contribution < -0.4 is 5.32 Å². The Morgan fingerprint density at radius 3 is 2.62 bits per heavy atom. The van der Waals surface area contributed by atoms with Crippen LogP contribution in [0, 0.1) is 0 Å². The van der Waals surface area contributed by atoms with Crippen molar-refractivity contribution in [2.45, 2.75) is 32.6 Å². The first-order valence-electron chi connectivity index (χ1n) is 5.26. The average Bonchev–Trinajstić information content (AvgIpc) is 2.14. The quantitative estimate of drug-likeness (QED) is 0.550. The molecule has 0 saturated carbocycles. The molecule has 0 bridgehead atoms. The maximum atomic E-state index is 4.94. The van der Waals surface area contributed by atoms with Crippen molar-refractivity contribution in [1.82, 2.24) is 10.2 Å². The molecule has 0 aromatic heterocycles. The zero-order chi connectivity index (χ0) is 9.52. The molecule has 3 heteroatoms. The Hall–Kier alpha value is -0.150. The van der Waals surface area contributed by atoms with Crippen LogP contribution in [0.5, 0.6) is 0 Å². The van der Waals surface area contributed by atoms with Crippen molar-refractivity contribution in [3.05, 3.63) is 0 Å². The third-order valence-corrected chi connectivity index (χ3v) is 2.62. The molecule has 13 heavy (non-hydrogen) atoms. The molecule has 0 amide bonds. The number of piperidine rings is 1. The second kappa shape index (κ2) is 6.33. The lowest BCUT2D eigenvalue weighted by molar-refractivity contribution is 0.227. The summed E-state index contributed by atoms with van der Waals surface area (Å²) in [7, 11) is 0. The van der Waals surface area contributed by atoms with Gasteiger partial charge in [0, 0.05) is 6.54 Å². The lowest BCUT2D eigenvalue weighted by Gasteiger charge is -2.26. The highest BCUT2D eigenvalue weighted by molar-refractivity contribution is 7.80. The summed E-state index contributed by atoms with van der Waals surface area (Å²) < 4.78 is 0. The Morgan fingerprint density at radius 2 is 2.00 bits per heavy atom. The Morgan fingerprint density at radius 1 is 1.31 bits per heavy atom. The van der Waals surface area contributed by atoms with Gasteiger partial charge in [-0.2, -0.15) is 0 Å². The van der Waals surface area contributed by atoms with Crippen molar-refractivity contribution in [3.8, 4) is 0 Å². The molecule has 0 unspecified atom stereocenters. The summed E-state index contributed by atoms with van der Waals surface area (Å²) in [5.41, 5.74) is 0. The smallest absolute Gasteiger partial charge is 0.0721 e. The summed E-state index contributed by atoms with van der Waals surface area (Å²) in [4.78, 5) is 3.47. The van der Waals surface area contributed by atoms with E-state index in [4.69, 9.17) is 12.2 Å². The maximum absolute atomic E-state index is 4.94. The van der Waals surface area contributed by atoms with E-state index >= 15 is 0 Å². The fourth-order valence-corrected chi connectivity index (χ4v) is 1.85. The predicted molar refractivity (Wildman–Crippen MR) is 61.2 cm³/mol. The van der Waals surface area contributed by atoms with E-state index in [9.17, 15) is 0 Å². The molecule has 0 aromatic carbocycles. The summed E-state index contributed by atoms with van der Waals surface area (Å²) >= 11 is 4.94. The fraction of sp³-hybridized carbons (Fsp3) is 0.900. The molecular weight excluding hydrogens is 180 g/mol. The second-order valence-corrected chi connectivity index (χ2v) is 4.35. The van der Waals surface area contributed by atoms with Crippen LogP contribution >= 0.6 is 12.2 Å². The van der Waals surface area contributed by atoms with E-state index in [-0.39, 0.29) is 0 Å². The first kappa shape index (κ1) is 10.9. The third-order valence-electron chi connectivity index (χ3n) is 2.47. The number of thiocarbonyl (C=S) groups is 1. The van der Waals surface area contributed by atoms with Crippen LogP contribution in [0.1, 0.15) is 32.6 Å². The Balaban J connectivity index is 1.95. The van der Waals surface area contributed by atoms with Crippen molar-refractivity contribution in [1.29, 1.82) is 0 Å². The van der Waals surface area contributed by atoms with Gasteiger partial charge in [0.15, 0.2) is 0 Å². The molecule has 0 atom stereocenters. The molecule has 0 aliphatic carbocycles. The van der Waals surface area contributed by atoms with Gasteiger partial charge in [-0.15, -0.1) is 0 Å². The van der Waals surface area contributed by atoms with Crippen molar-refractivity contribution < 1.29 is 0 Å². The van der Waals surface area contributed by atoms with Gasteiger partial charge in [0.2, 0.25) is 0 Å². The Kier molecular flexibility index (Phi) is 5.32. The Labute approximate surface area is 86.7 Å². The molecule has 0 aromatic rings. The van der Waals surface area contributed by atoms with Crippen molar-refractivity contribution in [2.75, 3.05) is 26.2 Å². The van der Waals surface area contributed by atoms with Gasteiger partial charge in [0.05, 0.1) is 4.99 Å². The molecule has 1 aliphatic heterocycles. The van der Waals surface area contributed by atoms with Crippen molar-refractivity contribution >= 4 is 17.2 Å². The van der Waals surface area contributed by atoms with E-state index in [1.807, 2.05) is 6.92 Å². The lowest BCUT2D eigenvalue weighted by atomic mass is 10.1. The molecule has 1 heterocycles. The standard InChI is InChI=1S/C10H20N2S/c1-10(13)11-6-5-9-12-7-3-2-4-8-12/h2-9H2,1H3,(H,11,13). The summed E-state index contributed by atoms with van der Waals surface area (Å²) in [5.74, 6) is 0. The highest BCUT2D eigenvalue weighted by atomic mass is 32.1. The number of likely N-dealkylation sites (tertiary alicyclic amines) is 1. The highest BCUT2D eigenvalue weighted by Gasteiger charge is 2.08. The molecular formula is C10H20N2S. The number of rotatable bonds is 4. The second-order valence-electron chi connectivity index (χ2n) is 3.74. The molecule has 76 valence electrons. The lowest BCUT2D eigenvalue weighted by Crippen LogP contribution is -2.32. The van der Waals surface area contributed by atoms with Crippen LogP contribution in [0.4, 0.5) is 0 Å². The van der Waals surface area contributed by atoms with Crippen molar-refractivity contribution in [3.63, 3.8) is 0 Å². The van der Waals surface area contributed by atoms with Crippen LogP contribution in [-0.4, -0.2) is 36.1 Å². The van der Waals surface area contributed by atoms with Crippen LogP contribution in [0.3, 0.4) is 0 Å². The molecule has 1 rings (SSSR count). The van der Waals surface area contributed by atoms with Crippen molar-refractivity contribution in [2.24, 2.45) is 0 Å². The number of nitrogens with zero attached hydrogens (tertiary/aromatic N) is 1. The van der Waals surface area contributed by atoms with Gasteiger partial charge >= 0.3 is 0 Å². The minimum Gasteiger partial charge on any atom is -0.380 e. The van der Waals surface area contributed by atoms with E-state index < -0.39 is 0 Å². The third kappa shape index (κ3) is 5.21. The number of nitrogens with one attached hydrogen (secondary N) is 1. The van der Waals surface area contributed by atoms with E-state index in [2.05, 4.69) is 10.2 Å². The van der Waals surface area contributed by atoms with Gasteiger partial charge in [-0.3, -0.25) is 0 Å². The zero-order valence-corrected chi connectivity index (χ0v) is 9.33. The van der Waals surface area contributed by atoms with Crippen LogP contribution in [0.2, 0.25) is 0 Å². The van der Waals surface area contributed by atoms with Crippen LogP contribution in [0.25, 0.3) is 0 Å². The van der Waals surface area contributed by atoms with Gasteiger partial charge in [-0.05, 0) is 45.8 Å². The summed E-state index contributed by atoms with van der Waals surface area (Å²) in [6.07, 6.45) is 5.42. The first-order chi connectivity index (χ1) is 6.29. The molecule has 1 fully saturated rings. The average molecular weight is 200 g/mol. The van der Waals surface area contributed by atoms with E-state index in [0.29, 0.717) is 0 Å². The van der Waals surface area contributed by atoms with E-state index in [1.165, 1.54) is 45.3 Å². The molecule has 1 aliphatic rings. The minimum atomic E-state index is 0.915. The first-order valence-corrected chi connectivity index (χ1v) is 5.66. The van der Waals surface area contributed by atoms with Gasteiger partial charge in [0.25, 0.3) is 0 Å². The molecule has 1 saturated heterocycles. The van der Waals surface area contributed by atoms with Gasteiger partial charge in [-0.25, -0.2) is 0 Å². The molecule has 0 radical (unpaired) electrons. The van der Waals surface area contributed by atoms with Gasteiger partial charge in [-0.1, -0.05) is 18.6 Å². The Bertz CT molecular complexity index is 153. The van der Waals surface area contributed by atoms with Gasteiger partial charge < -0.3 is 10.2 Å². The summed E-state index contributed by atoms with van der Waals surface area (Å²) in [5, 5.41) is 3.19. The molecule has 0 spiro atoms. The fourth-order valence-electron chi connectivity index (χ4n) is 1.75. The predicted octanol–water partition coefficient (Wildman–Crippen LogP) is 1.80. The number of hydrogen-bond donors (Lipinski definition) is 1. The van der Waals surface area contributed by atoms with E-state index in [1.54, 1.807) is 0 Å². The minimum absolute atomic E-state index is 0.915. The largest absolute Gasteiger partial charge is 0.380 e.